The second-order valence-corrected chi connectivity index (χ2v) is 7.77. The van der Waals surface area contributed by atoms with E-state index in [2.05, 4.69) is 5.32 Å². The zero-order valence-electron chi connectivity index (χ0n) is 14.1. The maximum atomic E-state index is 12.1. The van der Waals surface area contributed by atoms with Gasteiger partial charge in [-0.15, -0.1) is 0 Å². The third-order valence-corrected chi connectivity index (χ3v) is 4.08. The summed E-state index contributed by atoms with van der Waals surface area (Å²) in [6.45, 7) is 6.19. The van der Waals surface area contributed by atoms with Crippen molar-refractivity contribution in [3.8, 4) is 0 Å². The van der Waals surface area contributed by atoms with E-state index in [9.17, 15) is 28.1 Å². The number of amides is 2. The number of nitrogens with zero attached hydrogens (tertiary/aromatic N) is 1. The number of nitro groups is 1. The Morgan fingerprint density at radius 2 is 1.72 bits per heavy atom. The van der Waals surface area contributed by atoms with Crippen LogP contribution in [0.25, 0.3) is 0 Å². The number of carbonyl (C=O) groups is 2. The van der Waals surface area contributed by atoms with Gasteiger partial charge in [-0.25, -0.2) is 17.9 Å². The van der Waals surface area contributed by atoms with E-state index >= 15 is 0 Å². The van der Waals surface area contributed by atoms with Gasteiger partial charge in [-0.1, -0.05) is 0 Å². The number of benzene rings is 1. The number of nitro benzene ring substituents is 1. The number of hydrogen-bond acceptors (Lipinski definition) is 7. The molecule has 1 aromatic carbocycles. The highest BCUT2D eigenvalue weighted by atomic mass is 32.2. The molecule has 0 radical (unpaired) electrons. The summed E-state index contributed by atoms with van der Waals surface area (Å²) in [5.74, 6) is -0.982. The molecule has 0 saturated heterocycles. The Hall–Kier alpha value is -2.69. The lowest BCUT2D eigenvalue weighted by Gasteiger charge is -2.21. The third-order valence-electron chi connectivity index (χ3n) is 2.72. The fourth-order valence-electron chi connectivity index (χ4n) is 1.58. The van der Waals surface area contributed by atoms with Crippen LogP contribution in [-0.2, 0) is 19.6 Å². The number of carbonyl (C=O) groups excluding carboxylic acids is 2. The first kappa shape index (κ1) is 20.4. The summed E-state index contributed by atoms with van der Waals surface area (Å²) in [6.07, 6.45) is -0.872. The number of ether oxygens (including phenoxy) is 1. The summed E-state index contributed by atoms with van der Waals surface area (Å²) < 4.78 is 30.9. The Balaban J connectivity index is 2.77. The Labute approximate surface area is 144 Å². The Morgan fingerprint density at radius 1 is 1.20 bits per heavy atom. The van der Waals surface area contributed by atoms with Crippen molar-refractivity contribution < 1.29 is 27.7 Å². The summed E-state index contributed by atoms with van der Waals surface area (Å²) in [5, 5.41) is 12.8. The van der Waals surface area contributed by atoms with E-state index < -0.39 is 38.6 Å². The number of non-ortho nitro benzene ring substituents is 1. The molecule has 1 atom stereocenters. The predicted octanol–water partition coefficient (Wildman–Crippen LogP) is 1.31. The summed E-state index contributed by atoms with van der Waals surface area (Å²) >= 11 is 0. The van der Waals surface area contributed by atoms with E-state index in [1.807, 2.05) is 0 Å². The van der Waals surface area contributed by atoms with Crippen LogP contribution in [0.4, 0.5) is 10.5 Å². The minimum absolute atomic E-state index is 0.287. The summed E-state index contributed by atoms with van der Waals surface area (Å²) in [4.78, 5) is 33.1. The number of sulfonamides is 1. The lowest BCUT2D eigenvalue weighted by Crippen LogP contribution is -2.47. The van der Waals surface area contributed by atoms with Gasteiger partial charge in [0, 0.05) is 12.1 Å². The second kappa shape index (κ2) is 7.47. The molecule has 0 spiro atoms. The van der Waals surface area contributed by atoms with Crippen molar-refractivity contribution in [3.63, 3.8) is 0 Å². The van der Waals surface area contributed by atoms with Crippen LogP contribution < -0.4 is 10.0 Å². The maximum Gasteiger partial charge on any atom is 0.408 e. The van der Waals surface area contributed by atoms with E-state index in [0.717, 1.165) is 24.3 Å². The zero-order valence-corrected chi connectivity index (χ0v) is 14.9. The number of hydrogen-bond donors (Lipinski definition) is 2. The number of alkyl carbamates (subject to hydrolysis) is 1. The first-order valence-corrected chi connectivity index (χ1v) is 8.61. The molecule has 138 valence electrons. The molecule has 10 nitrogen and oxygen atoms in total. The molecule has 1 aromatic rings. The lowest BCUT2D eigenvalue weighted by molar-refractivity contribution is -0.384. The van der Waals surface area contributed by atoms with Crippen LogP contribution in [0.5, 0.6) is 0 Å². The van der Waals surface area contributed by atoms with E-state index in [4.69, 9.17) is 4.74 Å². The zero-order chi connectivity index (χ0) is 19.4. The highest BCUT2D eigenvalue weighted by Gasteiger charge is 2.25. The topological polar surface area (TPSA) is 145 Å². The van der Waals surface area contributed by atoms with Gasteiger partial charge in [0.2, 0.25) is 0 Å². The van der Waals surface area contributed by atoms with Gasteiger partial charge in [0.25, 0.3) is 21.6 Å². The molecule has 1 rings (SSSR count). The molecule has 11 heteroatoms. The molecule has 0 aliphatic carbocycles. The first-order valence-electron chi connectivity index (χ1n) is 7.12. The van der Waals surface area contributed by atoms with Gasteiger partial charge in [-0.05, 0) is 39.8 Å². The van der Waals surface area contributed by atoms with Gasteiger partial charge in [-0.3, -0.25) is 14.9 Å². The molecule has 0 fully saturated rings. The molecule has 1 unspecified atom stereocenters. The van der Waals surface area contributed by atoms with Gasteiger partial charge in [-0.2, -0.15) is 0 Å². The van der Waals surface area contributed by atoms with Crippen LogP contribution in [0.15, 0.2) is 29.2 Å². The van der Waals surface area contributed by atoms with Crippen molar-refractivity contribution in [3.05, 3.63) is 34.4 Å². The van der Waals surface area contributed by atoms with Gasteiger partial charge in [0.1, 0.15) is 11.6 Å². The smallest absolute Gasteiger partial charge is 0.408 e. The molecule has 0 aliphatic heterocycles. The largest absolute Gasteiger partial charge is 0.444 e. The summed E-state index contributed by atoms with van der Waals surface area (Å²) in [5.41, 5.74) is -1.06. The molecule has 0 bridgehead atoms. The molecule has 0 aromatic heterocycles. The van der Waals surface area contributed by atoms with Gasteiger partial charge >= 0.3 is 6.09 Å². The Bertz CT molecular complexity index is 767. The molecular formula is C14H19N3O7S. The summed E-state index contributed by atoms with van der Waals surface area (Å²) in [6, 6.07) is 2.82. The van der Waals surface area contributed by atoms with E-state index in [-0.39, 0.29) is 10.6 Å². The average Bonchev–Trinajstić information content (AvgIpc) is 2.44. The normalized spacial score (nSPS) is 12.8. The Morgan fingerprint density at radius 3 is 2.16 bits per heavy atom. The fraction of sp³-hybridized carbons (Fsp3) is 0.429. The second-order valence-electron chi connectivity index (χ2n) is 6.09. The SMILES string of the molecule is CC(NC(=O)OC(C)(C)C)C(=O)NS(=O)(=O)c1ccc([N+](=O)[O-])cc1. The molecule has 2 N–H and O–H groups in total. The quantitative estimate of drug-likeness (QED) is 0.584. The highest BCUT2D eigenvalue weighted by molar-refractivity contribution is 7.90. The molecule has 25 heavy (non-hydrogen) atoms. The first-order chi connectivity index (χ1) is 11.3. The number of rotatable bonds is 5. The third kappa shape index (κ3) is 6.37. The van der Waals surface area contributed by atoms with Crippen molar-refractivity contribution >= 4 is 27.7 Å². The minimum atomic E-state index is -4.23. The van der Waals surface area contributed by atoms with Crippen LogP contribution in [-0.4, -0.2) is 37.0 Å². The van der Waals surface area contributed by atoms with Gasteiger partial charge < -0.3 is 10.1 Å². The minimum Gasteiger partial charge on any atom is -0.444 e. The Kier molecular flexibility index (Phi) is 6.08. The monoisotopic (exact) mass is 373 g/mol. The maximum absolute atomic E-state index is 12.1. The molecule has 0 saturated carbocycles. The molecule has 0 heterocycles. The summed E-state index contributed by atoms with van der Waals surface area (Å²) in [7, 11) is -4.23. The van der Waals surface area contributed by atoms with E-state index in [1.54, 1.807) is 25.5 Å². The van der Waals surface area contributed by atoms with Gasteiger partial charge in [0.15, 0.2) is 0 Å². The average molecular weight is 373 g/mol. The van der Waals surface area contributed by atoms with Crippen molar-refractivity contribution in [2.45, 2.75) is 44.2 Å². The lowest BCUT2D eigenvalue weighted by atomic mass is 10.2. The fourth-order valence-corrected chi connectivity index (χ4v) is 2.63. The predicted molar refractivity (Wildman–Crippen MR) is 87.3 cm³/mol. The van der Waals surface area contributed by atoms with Crippen LogP contribution in [0.1, 0.15) is 27.7 Å². The molecule has 0 aliphatic rings. The standard InChI is InChI=1S/C14H19N3O7S/c1-9(15-13(19)24-14(2,3)4)12(18)16-25(22,23)11-7-5-10(6-8-11)17(20)21/h5-9H,1-4H3,(H,15,19)(H,16,18). The van der Waals surface area contributed by atoms with Crippen LogP contribution in [0.3, 0.4) is 0 Å². The van der Waals surface area contributed by atoms with Crippen LogP contribution in [0, 0.1) is 10.1 Å². The van der Waals surface area contributed by atoms with Crippen molar-refractivity contribution in [2.75, 3.05) is 0 Å². The number of nitrogens with one attached hydrogen (secondary N) is 2. The molecular weight excluding hydrogens is 354 g/mol. The van der Waals surface area contributed by atoms with Crippen molar-refractivity contribution in [1.29, 1.82) is 0 Å². The van der Waals surface area contributed by atoms with Crippen LogP contribution in [0.2, 0.25) is 0 Å². The van der Waals surface area contributed by atoms with Gasteiger partial charge in [0.05, 0.1) is 9.82 Å². The highest BCUT2D eigenvalue weighted by Crippen LogP contribution is 2.15. The van der Waals surface area contributed by atoms with Crippen molar-refractivity contribution in [1.82, 2.24) is 10.0 Å². The molecule has 2 amide bonds. The van der Waals surface area contributed by atoms with E-state index in [0.29, 0.717) is 0 Å². The van der Waals surface area contributed by atoms with Crippen molar-refractivity contribution in [2.24, 2.45) is 0 Å². The van der Waals surface area contributed by atoms with E-state index in [1.165, 1.54) is 6.92 Å². The van der Waals surface area contributed by atoms with Crippen LogP contribution >= 0.6 is 0 Å².